The molecule has 0 fully saturated rings. The third-order valence-electron chi connectivity index (χ3n) is 4.02. The molecule has 23 heavy (non-hydrogen) atoms. The molecule has 0 aliphatic carbocycles. The van der Waals surface area contributed by atoms with Crippen LogP contribution < -0.4 is 5.32 Å². The summed E-state index contributed by atoms with van der Waals surface area (Å²) in [4.78, 5) is 8.92. The van der Waals surface area contributed by atoms with Gasteiger partial charge in [-0.25, -0.2) is 0 Å². The first-order valence-corrected chi connectivity index (χ1v) is 8.87. The number of aliphatic imine (C=N–C) groups is 1. The van der Waals surface area contributed by atoms with Gasteiger partial charge in [-0.3, -0.25) is 4.99 Å². The maximum Gasteiger partial charge on any atom is 0.193 e. The first-order chi connectivity index (χ1) is 11.1. The molecule has 0 unspecified atom stereocenters. The van der Waals surface area contributed by atoms with Crippen molar-refractivity contribution in [1.82, 2.24) is 15.1 Å². The summed E-state index contributed by atoms with van der Waals surface area (Å²) in [6.07, 6.45) is 2.36. The fraction of sp³-hybridized carbons (Fsp3) is 0.611. The fourth-order valence-electron chi connectivity index (χ4n) is 2.54. The van der Waals surface area contributed by atoms with E-state index in [1.54, 1.807) is 0 Å². The summed E-state index contributed by atoms with van der Waals surface area (Å²) in [5.41, 5.74) is 1.11. The quantitative estimate of drug-likeness (QED) is 0.425. The normalized spacial score (nSPS) is 11.8. The van der Waals surface area contributed by atoms with E-state index in [-0.39, 0.29) is 0 Å². The van der Waals surface area contributed by atoms with Gasteiger partial charge in [0.1, 0.15) is 0 Å². The molecule has 0 saturated carbocycles. The Morgan fingerprint density at radius 3 is 2.48 bits per heavy atom. The van der Waals surface area contributed by atoms with Gasteiger partial charge in [-0.2, -0.15) is 0 Å². The van der Waals surface area contributed by atoms with E-state index in [4.69, 9.17) is 11.6 Å². The maximum absolute atomic E-state index is 6.23. The van der Waals surface area contributed by atoms with Gasteiger partial charge in [0.2, 0.25) is 0 Å². The van der Waals surface area contributed by atoms with E-state index < -0.39 is 0 Å². The predicted octanol–water partition coefficient (Wildman–Crippen LogP) is 3.47. The first-order valence-electron chi connectivity index (χ1n) is 8.49. The molecule has 1 N–H and O–H groups in total. The van der Waals surface area contributed by atoms with Crippen LogP contribution in [0.15, 0.2) is 29.3 Å². The van der Waals surface area contributed by atoms with Gasteiger partial charge in [0.15, 0.2) is 5.96 Å². The van der Waals surface area contributed by atoms with Crippen molar-refractivity contribution in [3.05, 3.63) is 34.9 Å². The van der Waals surface area contributed by atoms with E-state index in [1.165, 1.54) is 13.0 Å². The van der Waals surface area contributed by atoms with Crippen molar-refractivity contribution in [2.45, 2.75) is 33.2 Å². The monoisotopic (exact) mass is 338 g/mol. The number of hydrogen-bond donors (Lipinski definition) is 1. The zero-order valence-electron chi connectivity index (χ0n) is 15.0. The smallest absolute Gasteiger partial charge is 0.193 e. The molecule has 0 spiro atoms. The summed E-state index contributed by atoms with van der Waals surface area (Å²) in [6, 6.07) is 7.94. The Kier molecular flexibility index (Phi) is 9.72. The molecule has 0 atom stereocenters. The molecule has 130 valence electrons. The number of halogens is 1. The molecule has 1 rings (SSSR count). The van der Waals surface area contributed by atoms with E-state index in [1.807, 2.05) is 32.3 Å². The van der Waals surface area contributed by atoms with Crippen molar-refractivity contribution in [2.75, 3.05) is 40.3 Å². The number of nitrogens with zero attached hydrogens (tertiary/aromatic N) is 3. The maximum atomic E-state index is 6.23. The van der Waals surface area contributed by atoms with E-state index in [0.29, 0.717) is 0 Å². The Hall–Kier alpha value is -1.26. The van der Waals surface area contributed by atoms with Crippen molar-refractivity contribution in [2.24, 2.45) is 4.99 Å². The molecule has 0 amide bonds. The second-order valence-electron chi connectivity index (χ2n) is 5.66. The molecule has 1 aromatic carbocycles. The summed E-state index contributed by atoms with van der Waals surface area (Å²) >= 11 is 6.23. The Morgan fingerprint density at radius 1 is 1.17 bits per heavy atom. The third kappa shape index (κ3) is 7.23. The predicted molar refractivity (Wildman–Crippen MR) is 101 cm³/mol. The van der Waals surface area contributed by atoms with Gasteiger partial charge in [0, 0.05) is 32.2 Å². The number of rotatable bonds is 9. The molecule has 0 radical (unpaired) electrons. The lowest BCUT2D eigenvalue weighted by molar-refractivity contribution is 0.297. The molecule has 4 nitrogen and oxygen atoms in total. The largest absolute Gasteiger partial charge is 0.356 e. The van der Waals surface area contributed by atoms with Gasteiger partial charge < -0.3 is 15.1 Å². The molecule has 0 saturated heterocycles. The van der Waals surface area contributed by atoms with Crippen LogP contribution in [0.5, 0.6) is 0 Å². The molecule has 0 aliphatic heterocycles. The van der Waals surface area contributed by atoms with Crippen molar-refractivity contribution >= 4 is 17.6 Å². The Morgan fingerprint density at radius 2 is 1.87 bits per heavy atom. The summed E-state index contributed by atoms with van der Waals surface area (Å²) < 4.78 is 0. The van der Waals surface area contributed by atoms with Gasteiger partial charge in [0.25, 0.3) is 0 Å². The van der Waals surface area contributed by atoms with Crippen LogP contribution >= 0.6 is 11.6 Å². The number of guanidine groups is 1. The van der Waals surface area contributed by atoms with Crippen LogP contribution in [0.3, 0.4) is 0 Å². The lowest BCUT2D eigenvalue weighted by atomic mass is 10.2. The van der Waals surface area contributed by atoms with E-state index in [0.717, 1.165) is 49.1 Å². The lowest BCUT2D eigenvalue weighted by Crippen LogP contribution is -2.39. The van der Waals surface area contributed by atoms with Crippen molar-refractivity contribution in [1.29, 1.82) is 0 Å². The zero-order chi connectivity index (χ0) is 17.1. The molecular weight excluding hydrogens is 308 g/mol. The molecule has 0 aliphatic rings. The van der Waals surface area contributed by atoms with Gasteiger partial charge >= 0.3 is 0 Å². The number of unbranched alkanes of at least 4 members (excludes halogenated alkanes) is 1. The van der Waals surface area contributed by atoms with Crippen LogP contribution in [-0.4, -0.2) is 56.0 Å². The van der Waals surface area contributed by atoms with E-state index in [9.17, 15) is 0 Å². The van der Waals surface area contributed by atoms with Gasteiger partial charge in [-0.15, -0.1) is 0 Å². The van der Waals surface area contributed by atoms with Gasteiger partial charge in [-0.1, -0.05) is 43.6 Å². The third-order valence-corrected chi connectivity index (χ3v) is 4.39. The lowest BCUT2D eigenvalue weighted by Gasteiger charge is -2.23. The van der Waals surface area contributed by atoms with Crippen LogP contribution in [0.25, 0.3) is 0 Å². The summed E-state index contributed by atoms with van der Waals surface area (Å²) in [6.45, 7) is 9.56. The molecular formula is C18H31ClN4. The highest BCUT2D eigenvalue weighted by molar-refractivity contribution is 6.31. The van der Waals surface area contributed by atoms with Crippen molar-refractivity contribution in [3.63, 3.8) is 0 Å². The van der Waals surface area contributed by atoms with Crippen molar-refractivity contribution < 1.29 is 0 Å². The fourth-order valence-corrected chi connectivity index (χ4v) is 2.74. The second-order valence-corrected chi connectivity index (χ2v) is 6.06. The minimum atomic E-state index is 0.749. The average molecular weight is 339 g/mol. The standard InChI is InChI=1S/C18H31ClN4/c1-5-23(6-2)14-10-9-13-21-18(20-3)22(4)15-16-11-7-8-12-17(16)19/h7-8,11-12H,5-6,9-10,13-15H2,1-4H3,(H,20,21). The first kappa shape index (κ1) is 19.8. The van der Waals surface area contributed by atoms with Gasteiger partial charge in [-0.05, 0) is 44.1 Å². The highest BCUT2D eigenvalue weighted by atomic mass is 35.5. The Labute approximate surface area is 146 Å². The summed E-state index contributed by atoms with van der Waals surface area (Å²) in [7, 11) is 3.86. The summed E-state index contributed by atoms with van der Waals surface area (Å²) in [5.74, 6) is 0.910. The van der Waals surface area contributed by atoms with E-state index in [2.05, 4.69) is 40.0 Å². The zero-order valence-corrected chi connectivity index (χ0v) is 15.7. The highest BCUT2D eigenvalue weighted by Gasteiger charge is 2.08. The Bertz CT molecular complexity index is 472. The minimum Gasteiger partial charge on any atom is -0.356 e. The molecule has 1 aromatic rings. The molecule has 0 aromatic heterocycles. The van der Waals surface area contributed by atoms with Crippen LogP contribution in [0.4, 0.5) is 0 Å². The number of hydrogen-bond acceptors (Lipinski definition) is 2. The molecule has 5 heteroatoms. The van der Waals surface area contributed by atoms with Gasteiger partial charge in [0.05, 0.1) is 0 Å². The topological polar surface area (TPSA) is 30.9 Å². The molecule has 0 bridgehead atoms. The average Bonchev–Trinajstić information content (AvgIpc) is 2.56. The van der Waals surface area contributed by atoms with Crippen LogP contribution in [0.1, 0.15) is 32.3 Å². The number of nitrogens with one attached hydrogen (secondary N) is 1. The summed E-state index contributed by atoms with van der Waals surface area (Å²) in [5, 5.41) is 4.23. The highest BCUT2D eigenvalue weighted by Crippen LogP contribution is 2.16. The SMILES string of the molecule is CCN(CC)CCCCNC(=NC)N(C)Cc1ccccc1Cl. The molecule has 0 heterocycles. The Balaban J connectivity index is 2.35. The van der Waals surface area contributed by atoms with Crippen LogP contribution in [0, 0.1) is 0 Å². The van der Waals surface area contributed by atoms with E-state index >= 15 is 0 Å². The second kappa shape index (κ2) is 11.3. The van der Waals surface area contributed by atoms with Crippen molar-refractivity contribution in [3.8, 4) is 0 Å². The van der Waals surface area contributed by atoms with Crippen LogP contribution in [0.2, 0.25) is 5.02 Å². The number of benzene rings is 1. The van der Waals surface area contributed by atoms with Crippen LogP contribution in [-0.2, 0) is 6.54 Å². The minimum absolute atomic E-state index is 0.749.